The van der Waals surface area contributed by atoms with Crippen LogP contribution in [-0.4, -0.2) is 11.7 Å². The number of rotatable bonds is 3. The molecule has 3 aromatic rings. The predicted molar refractivity (Wildman–Crippen MR) is 89.3 cm³/mol. The van der Waals surface area contributed by atoms with E-state index in [1.807, 2.05) is 42.5 Å². The number of thiophene rings is 1. The van der Waals surface area contributed by atoms with Gasteiger partial charge in [-0.1, -0.05) is 24.3 Å². The van der Waals surface area contributed by atoms with Crippen LogP contribution >= 0.6 is 11.3 Å². The minimum atomic E-state index is 0.0654. The van der Waals surface area contributed by atoms with Gasteiger partial charge in [0.2, 0.25) is 0 Å². The Bertz CT molecular complexity index is 846. The number of benzene rings is 2. The van der Waals surface area contributed by atoms with E-state index in [0.29, 0.717) is 5.56 Å². The van der Waals surface area contributed by atoms with Crippen LogP contribution < -0.4 is 11.5 Å². The van der Waals surface area contributed by atoms with Gasteiger partial charge in [0, 0.05) is 26.8 Å². The third-order valence-electron chi connectivity index (χ3n) is 3.39. The summed E-state index contributed by atoms with van der Waals surface area (Å²) in [6, 6.07) is 13.4. The average Bonchev–Trinajstić information content (AvgIpc) is 2.90. The van der Waals surface area contributed by atoms with Gasteiger partial charge in [-0.2, -0.15) is 0 Å². The fraction of sp³-hybridized carbons (Fsp3) is 0. The number of hydrogen-bond donors (Lipinski definition) is 4. The van der Waals surface area contributed by atoms with Gasteiger partial charge < -0.3 is 11.5 Å². The molecule has 0 radical (unpaired) electrons. The molecule has 5 heteroatoms. The van der Waals surface area contributed by atoms with Crippen molar-refractivity contribution >= 4 is 33.1 Å². The molecule has 1 heterocycles. The Labute approximate surface area is 126 Å². The Morgan fingerprint density at radius 2 is 1.48 bits per heavy atom. The first-order valence-electron chi connectivity index (χ1n) is 6.37. The first-order valence-corrected chi connectivity index (χ1v) is 7.24. The molecule has 0 atom stereocenters. The summed E-state index contributed by atoms with van der Waals surface area (Å²) in [5, 5.41) is 18.2. The number of hydrogen-bond acceptors (Lipinski definition) is 3. The van der Waals surface area contributed by atoms with Crippen molar-refractivity contribution in [2.45, 2.75) is 0 Å². The van der Waals surface area contributed by atoms with Crippen molar-refractivity contribution in [3.8, 4) is 11.1 Å². The fourth-order valence-corrected chi connectivity index (χ4v) is 3.20. The van der Waals surface area contributed by atoms with Gasteiger partial charge in [-0.3, -0.25) is 10.8 Å². The molecule has 0 aliphatic carbocycles. The van der Waals surface area contributed by atoms with E-state index in [1.165, 1.54) is 0 Å². The van der Waals surface area contributed by atoms with Crippen LogP contribution in [0, 0.1) is 10.8 Å². The molecule has 0 spiro atoms. The lowest BCUT2D eigenvalue weighted by Crippen LogP contribution is -2.10. The van der Waals surface area contributed by atoms with E-state index in [4.69, 9.17) is 22.3 Å². The average molecular weight is 294 g/mol. The van der Waals surface area contributed by atoms with Crippen LogP contribution in [0.3, 0.4) is 0 Å². The SMILES string of the molecule is N=C(N)c1ccc(-c2csc3ccc(C(=N)N)cc23)cc1. The van der Waals surface area contributed by atoms with Crippen LogP contribution in [-0.2, 0) is 0 Å². The third-order valence-corrected chi connectivity index (χ3v) is 4.35. The second kappa shape index (κ2) is 5.03. The van der Waals surface area contributed by atoms with Gasteiger partial charge in [0.15, 0.2) is 0 Å². The zero-order chi connectivity index (χ0) is 15.0. The van der Waals surface area contributed by atoms with Crippen molar-refractivity contribution in [2.75, 3.05) is 0 Å². The third kappa shape index (κ3) is 2.39. The molecular formula is C16H14N4S. The Kier molecular flexibility index (Phi) is 3.19. The first kappa shape index (κ1) is 13.3. The summed E-state index contributed by atoms with van der Waals surface area (Å²) in [6.45, 7) is 0. The van der Waals surface area contributed by atoms with Gasteiger partial charge in [0.25, 0.3) is 0 Å². The van der Waals surface area contributed by atoms with Gasteiger partial charge in [0.05, 0.1) is 0 Å². The first-order chi connectivity index (χ1) is 10.1. The van der Waals surface area contributed by atoms with Crippen molar-refractivity contribution in [2.24, 2.45) is 11.5 Å². The van der Waals surface area contributed by atoms with E-state index in [9.17, 15) is 0 Å². The summed E-state index contributed by atoms with van der Waals surface area (Å²) in [6.07, 6.45) is 0. The molecule has 4 nitrogen and oxygen atoms in total. The van der Waals surface area contributed by atoms with E-state index >= 15 is 0 Å². The molecule has 104 valence electrons. The van der Waals surface area contributed by atoms with Gasteiger partial charge in [-0.05, 0) is 29.1 Å². The van der Waals surface area contributed by atoms with Crippen molar-refractivity contribution < 1.29 is 0 Å². The number of nitrogen functional groups attached to an aromatic ring is 2. The molecule has 0 saturated carbocycles. The molecule has 6 N–H and O–H groups in total. The lowest BCUT2D eigenvalue weighted by atomic mass is 10.0. The minimum Gasteiger partial charge on any atom is -0.384 e. The number of fused-ring (bicyclic) bond motifs is 1. The number of nitrogens with one attached hydrogen (secondary N) is 2. The van der Waals surface area contributed by atoms with Crippen LogP contribution in [0.2, 0.25) is 0 Å². The molecule has 3 rings (SSSR count). The van der Waals surface area contributed by atoms with Crippen molar-refractivity contribution in [3.05, 3.63) is 59.0 Å². The highest BCUT2D eigenvalue weighted by molar-refractivity contribution is 7.17. The summed E-state index contributed by atoms with van der Waals surface area (Å²) in [5.74, 6) is 0.136. The molecular weight excluding hydrogens is 280 g/mol. The summed E-state index contributed by atoms with van der Waals surface area (Å²) in [4.78, 5) is 0. The van der Waals surface area contributed by atoms with Crippen molar-refractivity contribution in [1.29, 1.82) is 10.8 Å². The molecule has 2 aromatic carbocycles. The predicted octanol–water partition coefficient (Wildman–Crippen LogP) is 3.14. The van der Waals surface area contributed by atoms with E-state index in [0.717, 1.165) is 26.8 Å². The second-order valence-electron chi connectivity index (χ2n) is 4.77. The normalized spacial score (nSPS) is 10.7. The maximum absolute atomic E-state index is 7.56. The Hall–Kier alpha value is -2.66. The number of amidine groups is 2. The Balaban J connectivity index is 2.13. The van der Waals surface area contributed by atoms with Gasteiger partial charge >= 0.3 is 0 Å². The second-order valence-corrected chi connectivity index (χ2v) is 5.68. The van der Waals surface area contributed by atoms with Crippen molar-refractivity contribution in [3.63, 3.8) is 0 Å². The maximum atomic E-state index is 7.56. The minimum absolute atomic E-state index is 0.0654. The van der Waals surface area contributed by atoms with Gasteiger partial charge in [-0.15, -0.1) is 11.3 Å². The lowest BCUT2D eigenvalue weighted by molar-refractivity contribution is 1.42. The van der Waals surface area contributed by atoms with Crippen LogP contribution in [0.25, 0.3) is 21.2 Å². The van der Waals surface area contributed by atoms with E-state index in [2.05, 4.69) is 5.38 Å². The van der Waals surface area contributed by atoms with Gasteiger partial charge in [-0.25, -0.2) is 0 Å². The molecule has 0 aliphatic rings. The molecule has 0 bridgehead atoms. The molecule has 0 saturated heterocycles. The molecule has 1 aromatic heterocycles. The molecule has 0 amide bonds. The highest BCUT2D eigenvalue weighted by atomic mass is 32.1. The summed E-state index contributed by atoms with van der Waals surface area (Å²) >= 11 is 1.66. The standard InChI is InChI=1S/C16H14N4S/c17-15(18)10-3-1-9(2-4-10)13-8-21-14-6-5-11(16(19)20)7-12(13)14/h1-8H,(H3,17,18)(H3,19,20). The van der Waals surface area contributed by atoms with E-state index in [-0.39, 0.29) is 11.7 Å². The summed E-state index contributed by atoms with van der Waals surface area (Å²) < 4.78 is 1.16. The Morgan fingerprint density at radius 1 is 0.857 bits per heavy atom. The monoisotopic (exact) mass is 294 g/mol. The van der Waals surface area contributed by atoms with Crippen molar-refractivity contribution in [1.82, 2.24) is 0 Å². The smallest absolute Gasteiger partial charge is 0.122 e. The maximum Gasteiger partial charge on any atom is 0.122 e. The number of nitrogens with two attached hydrogens (primary N) is 2. The summed E-state index contributed by atoms with van der Waals surface area (Å²) in [7, 11) is 0. The van der Waals surface area contributed by atoms with E-state index in [1.54, 1.807) is 11.3 Å². The lowest BCUT2D eigenvalue weighted by Gasteiger charge is -2.04. The fourth-order valence-electron chi connectivity index (χ4n) is 2.25. The van der Waals surface area contributed by atoms with E-state index < -0.39 is 0 Å². The highest BCUT2D eigenvalue weighted by Crippen LogP contribution is 2.34. The highest BCUT2D eigenvalue weighted by Gasteiger charge is 2.08. The zero-order valence-corrected chi connectivity index (χ0v) is 12.0. The van der Waals surface area contributed by atoms with Crippen LogP contribution in [0.1, 0.15) is 11.1 Å². The largest absolute Gasteiger partial charge is 0.384 e. The van der Waals surface area contributed by atoms with Crippen LogP contribution in [0.15, 0.2) is 47.8 Å². The molecule has 21 heavy (non-hydrogen) atoms. The molecule has 0 aliphatic heterocycles. The molecule has 0 fully saturated rings. The van der Waals surface area contributed by atoms with Gasteiger partial charge in [0.1, 0.15) is 11.7 Å². The van der Waals surface area contributed by atoms with Crippen LogP contribution in [0.5, 0.6) is 0 Å². The topological polar surface area (TPSA) is 99.7 Å². The Morgan fingerprint density at radius 3 is 2.10 bits per heavy atom. The quantitative estimate of drug-likeness (QED) is 0.440. The zero-order valence-electron chi connectivity index (χ0n) is 11.2. The van der Waals surface area contributed by atoms with Crippen LogP contribution in [0.4, 0.5) is 0 Å². The summed E-state index contributed by atoms with van der Waals surface area (Å²) in [5.41, 5.74) is 14.6. The molecule has 0 unspecified atom stereocenters.